The number of oxazole rings is 1. The van der Waals surface area contributed by atoms with Gasteiger partial charge in [-0.05, 0) is 30.5 Å². The summed E-state index contributed by atoms with van der Waals surface area (Å²) in [4.78, 5) is 4.14. The molecule has 0 aliphatic heterocycles. The molecule has 2 N–H and O–H groups in total. The molecule has 1 aliphatic rings. The standard InChI is InChI=1S/C14H16N2O/c15-10-14(6-1-7-14)12-4-2-11(3-5-12)13-16-8-9-17-13/h2-5,8-9H,1,6-7,10,15H2. The fourth-order valence-electron chi connectivity index (χ4n) is 2.55. The number of benzene rings is 1. The average molecular weight is 228 g/mol. The van der Waals surface area contributed by atoms with E-state index in [1.807, 2.05) is 0 Å². The fourth-order valence-corrected chi connectivity index (χ4v) is 2.55. The molecule has 2 aromatic rings. The van der Waals surface area contributed by atoms with Crippen LogP contribution in [0.4, 0.5) is 0 Å². The van der Waals surface area contributed by atoms with E-state index in [-0.39, 0.29) is 5.41 Å². The SMILES string of the molecule is NCC1(c2ccc(-c3ncco3)cc2)CCC1. The summed E-state index contributed by atoms with van der Waals surface area (Å²) in [6.07, 6.45) is 6.97. The lowest BCUT2D eigenvalue weighted by atomic mass is 9.64. The second kappa shape index (κ2) is 4.00. The number of hydrogen-bond acceptors (Lipinski definition) is 3. The Kier molecular flexibility index (Phi) is 2.48. The van der Waals surface area contributed by atoms with E-state index in [2.05, 4.69) is 29.2 Å². The van der Waals surface area contributed by atoms with Crippen LogP contribution in [0.1, 0.15) is 24.8 Å². The van der Waals surface area contributed by atoms with Crippen LogP contribution in [0.25, 0.3) is 11.5 Å². The third kappa shape index (κ3) is 1.67. The summed E-state index contributed by atoms with van der Waals surface area (Å²) in [5.41, 5.74) is 8.50. The van der Waals surface area contributed by atoms with Crippen molar-refractivity contribution in [3.63, 3.8) is 0 Å². The van der Waals surface area contributed by atoms with E-state index in [0.717, 1.165) is 12.1 Å². The Labute approximate surface area is 101 Å². The zero-order valence-electron chi connectivity index (χ0n) is 9.73. The van der Waals surface area contributed by atoms with Crippen LogP contribution in [-0.4, -0.2) is 11.5 Å². The van der Waals surface area contributed by atoms with Gasteiger partial charge in [-0.2, -0.15) is 0 Å². The minimum Gasteiger partial charge on any atom is -0.445 e. The van der Waals surface area contributed by atoms with Gasteiger partial charge in [-0.15, -0.1) is 0 Å². The van der Waals surface area contributed by atoms with Gasteiger partial charge in [0.2, 0.25) is 5.89 Å². The van der Waals surface area contributed by atoms with Crippen LogP contribution in [0.15, 0.2) is 41.1 Å². The molecule has 1 aromatic heterocycles. The van der Waals surface area contributed by atoms with Crippen LogP contribution < -0.4 is 5.73 Å². The van der Waals surface area contributed by atoms with Gasteiger partial charge in [0, 0.05) is 17.5 Å². The average Bonchev–Trinajstić information content (AvgIpc) is 2.83. The molecule has 0 spiro atoms. The van der Waals surface area contributed by atoms with E-state index in [0.29, 0.717) is 5.89 Å². The van der Waals surface area contributed by atoms with Gasteiger partial charge >= 0.3 is 0 Å². The number of rotatable bonds is 3. The van der Waals surface area contributed by atoms with Crippen molar-refractivity contribution in [3.05, 3.63) is 42.3 Å². The molecule has 0 amide bonds. The first-order chi connectivity index (χ1) is 8.34. The largest absolute Gasteiger partial charge is 0.445 e. The third-order valence-corrected chi connectivity index (χ3v) is 3.88. The maximum absolute atomic E-state index is 5.90. The Morgan fingerprint density at radius 3 is 2.47 bits per heavy atom. The summed E-state index contributed by atoms with van der Waals surface area (Å²) >= 11 is 0. The van der Waals surface area contributed by atoms with Gasteiger partial charge in [0.1, 0.15) is 6.26 Å². The molecular formula is C14H16N2O. The van der Waals surface area contributed by atoms with Crippen molar-refractivity contribution >= 4 is 0 Å². The minimum atomic E-state index is 0.231. The number of nitrogens with zero attached hydrogens (tertiary/aromatic N) is 1. The molecule has 1 aliphatic carbocycles. The lowest BCUT2D eigenvalue weighted by Crippen LogP contribution is -2.41. The molecular weight excluding hydrogens is 212 g/mol. The van der Waals surface area contributed by atoms with Gasteiger partial charge in [0.25, 0.3) is 0 Å². The van der Waals surface area contributed by atoms with Gasteiger partial charge in [-0.25, -0.2) is 4.98 Å². The quantitative estimate of drug-likeness (QED) is 0.878. The molecule has 1 heterocycles. The highest BCUT2D eigenvalue weighted by molar-refractivity contribution is 5.54. The van der Waals surface area contributed by atoms with Crippen LogP contribution in [-0.2, 0) is 5.41 Å². The maximum atomic E-state index is 5.90. The third-order valence-electron chi connectivity index (χ3n) is 3.88. The van der Waals surface area contributed by atoms with E-state index in [4.69, 9.17) is 10.2 Å². The first-order valence-corrected chi connectivity index (χ1v) is 6.05. The van der Waals surface area contributed by atoms with Crippen molar-refractivity contribution in [2.45, 2.75) is 24.7 Å². The topological polar surface area (TPSA) is 52.0 Å². The van der Waals surface area contributed by atoms with Crippen molar-refractivity contribution in [2.75, 3.05) is 6.54 Å². The van der Waals surface area contributed by atoms with Gasteiger partial charge in [-0.1, -0.05) is 18.6 Å². The van der Waals surface area contributed by atoms with Crippen molar-refractivity contribution in [2.24, 2.45) is 5.73 Å². The lowest BCUT2D eigenvalue weighted by Gasteiger charge is -2.41. The van der Waals surface area contributed by atoms with E-state index in [9.17, 15) is 0 Å². The Morgan fingerprint density at radius 2 is 2.00 bits per heavy atom. The monoisotopic (exact) mass is 228 g/mol. The smallest absolute Gasteiger partial charge is 0.225 e. The molecule has 3 heteroatoms. The molecule has 0 bridgehead atoms. The lowest BCUT2D eigenvalue weighted by molar-refractivity contribution is 0.253. The maximum Gasteiger partial charge on any atom is 0.225 e. The van der Waals surface area contributed by atoms with Gasteiger partial charge < -0.3 is 10.2 Å². The van der Waals surface area contributed by atoms with Crippen molar-refractivity contribution < 1.29 is 4.42 Å². The zero-order valence-corrected chi connectivity index (χ0v) is 9.73. The van der Waals surface area contributed by atoms with Crippen LogP contribution in [0.5, 0.6) is 0 Å². The molecule has 17 heavy (non-hydrogen) atoms. The molecule has 1 saturated carbocycles. The zero-order chi connectivity index (χ0) is 11.7. The minimum absolute atomic E-state index is 0.231. The summed E-state index contributed by atoms with van der Waals surface area (Å²) in [5.74, 6) is 0.673. The molecule has 1 aromatic carbocycles. The molecule has 88 valence electrons. The second-order valence-electron chi connectivity index (χ2n) is 4.75. The van der Waals surface area contributed by atoms with Gasteiger partial charge in [-0.3, -0.25) is 0 Å². The Hall–Kier alpha value is -1.61. The second-order valence-corrected chi connectivity index (χ2v) is 4.75. The number of nitrogens with two attached hydrogens (primary N) is 1. The summed E-state index contributed by atoms with van der Waals surface area (Å²) in [5, 5.41) is 0. The summed E-state index contributed by atoms with van der Waals surface area (Å²) in [7, 11) is 0. The van der Waals surface area contributed by atoms with E-state index < -0.39 is 0 Å². The first kappa shape index (κ1) is 10.5. The highest BCUT2D eigenvalue weighted by Crippen LogP contribution is 2.43. The Bertz CT molecular complexity index is 478. The normalized spacial score (nSPS) is 17.7. The van der Waals surface area contributed by atoms with Crippen LogP contribution in [0, 0.1) is 0 Å². The van der Waals surface area contributed by atoms with Gasteiger partial charge in [0.05, 0.1) is 6.20 Å². The number of hydrogen-bond donors (Lipinski definition) is 1. The predicted molar refractivity (Wildman–Crippen MR) is 66.5 cm³/mol. The molecule has 1 fully saturated rings. The Balaban J connectivity index is 1.90. The Morgan fingerprint density at radius 1 is 1.24 bits per heavy atom. The molecule has 0 saturated heterocycles. The molecule has 3 nitrogen and oxygen atoms in total. The molecule has 0 unspecified atom stereocenters. The van der Waals surface area contributed by atoms with Crippen molar-refractivity contribution in [1.29, 1.82) is 0 Å². The highest BCUT2D eigenvalue weighted by atomic mass is 16.3. The summed E-state index contributed by atoms with van der Waals surface area (Å²) in [6.45, 7) is 0.741. The fraction of sp³-hybridized carbons (Fsp3) is 0.357. The predicted octanol–water partition coefficient (Wildman–Crippen LogP) is 2.72. The van der Waals surface area contributed by atoms with Crippen LogP contribution in [0.3, 0.4) is 0 Å². The summed E-state index contributed by atoms with van der Waals surface area (Å²) < 4.78 is 5.28. The summed E-state index contributed by atoms with van der Waals surface area (Å²) in [6, 6.07) is 8.45. The van der Waals surface area contributed by atoms with Crippen LogP contribution in [0.2, 0.25) is 0 Å². The highest BCUT2D eigenvalue weighted by Gasteiger charge is 2.37. The number of aromatic nitrogens is 1. The first-order valence-electron chi connectivity index (χ1n) is 6.05. The molecule has 0 radical (unpaired) electrons. The van der Waals surface area contributed by atoms with E-state index >= 15 is 0 Å². The van der Waals surface area contributed by atoms with Gasteiger partial charge in [0.15, 0.2) is 0 Å². The van der Waals surface area contributed by atoms with E-state index in [1.54, 1.807) is 12.5 Å². The van der Waals surface area contributed by atoms with Crippen LogP contribution >= 0.6 is 0 Å². The van der Waals surface area contributed by atoms with E-state index in [1.165, 1.54) is 24.8 Å². The van der Waals surface area contributed by atoms with Crippen molar-refractivity contribution in [1.82, 2.24) is 4.98 Å². The molecule has 3 rings (SSSR count). The van der Waals surface area contributed by atoms with Crippen molar-refractivity contribution in [3.8, 4) is 11.5 Å². The molecule has 0 atom stereocenters.